The zero-order chi connectivity index (χ0) is 23.3. The van der Waals surface area contributed by atoms with Crippen LogP contribution in [-0.2, 0) is 0 Å². The van der Waals surface area contributed by atoms with Crippen LogP contribution >= 0.6 is 0 Å². The van der Waals surface area contributed by atoms with Crippen LogP contribution in [0.4, 0.5) is 13.2 Å². The van der Waals surface area contributed by atoms with Crippen molar-refractivity contribution in [2.45, 2.75) is 26.4 Å². The molecule has 32 heavy (non-hydrogen) atoms. The number of amides is 1. The van der Waals surface area contributed by atoms with Crippen LogP contribution in [0.25, 0.3) is 28.0 Å². The zero-order valence-corrected chi connectivity index (χ0v) is 17.7. The molecule has 166 valence electrons. The molecule has 0 saturated heterocycles. The van der Waals surface area contributed by atoms with Gasteiger partial charge in [0.2, 0.25) is 5.89 Å². The number of rotatable bonds is 7. The second-order valence-corrected chi connectivity index (χ2v) is 7.28. The number of hydrogen-bond donors (Lipinski definition) is 1. The molecule has 0 aliphatic carbocycles. The highest BCUT2D eigenvalue weighted by atomic mass is 19.4. The number of carbonyl (C=O) groups is 1. The summed E-state index contributed by atoms with van der Waals surface area (Å²) in [4.78, 5) is 16.2. The van der Waals surface area contributed by atoms with Crippen molar-refractivity contribution in [3.05, 3.63) is 84.4 Å². The molecule has 2 N–H and O–H groups in total. The van der Waals surface area contributed by atoms with E-state index in [1.807, 2.05) is 42.5 Å². The number of nitrogens with two attached hydrogens (primary N) is 1. The molecule has 1 aromatic heterocycles. The highest BCUT2D eigenvalue weighted by Crippen LogP contribution is 2.32. The fraction of sp³-hybridized carbons (Fsp3) is 0.200. The molecular formula is C25H23F3N2O2. The van der Waals surface area contributed by atoms with Crippen LogP contribution in [0.1, 0.15) is 36.6 Å². The molecule has 3 aromatic rings. The van der Waals surface area contributed by atoms with E-state index in [1.54, 1.807) is 25.1 Å². The highest BCUT2D eigenvalue weighted by molar-refractivity contribution is 5.97. The summed E-state index contributed by atoms with van der Waals surface area (Å²) in [5.74, 6) is -1.95. The van der Waals surface area contributed by atoms with Gasteiger partial charge in [-0.1, -0.05) is 79.7 Å². The first-order valence-corrected chi connectivity index (χ1v) is 10.1. The Morgan fingerprint density at radius 3 is 2.22 bits per heavy atom. The quantitative estimate of drug-likeness (QED) is 0.418. The molecule has 0 spiro atoms. The Bertz CT molecular complexity index is 1130. The molecule has 1 heterocycles. The van der Waals surface area contributed by atoms with Crippen molar-refractivity contribution in [2.24, 2.45) is 11.7 Å². The second kappa shape index (κ2) is 9.68. The largest absolute Gasteiger partial charge is 0.436 e. The molecule has 0 aliphatic rings. The maximum Gasteiger partial charge on any atom is 0.394 e. The number of alkyl halides is 3. The Hall–Kier alpha value is -3.61. The standard InChI is InChI=1S/C25H23F3N2O2/c1-3-17(11-7-8-16(2)25(26,27)28)24-30-21(23(29)31)22(32-24)20-14-12-19(13-15-20)18-9-5-4-6-10-18/h3-10,12-16H,11H2,1-2H3,(H2,29,31)/b8-7-,17-3+. The average Bonchev–Trinajstić information content (AvgIpc) is 3.22. The van der Waals surface area contributed by atoms with Gasteiger partial charge >= 0.3 is 6.18 Å². The van der Waals surface area contributed by atoms with Crippen LogP contribution in [0, 0.1) is 5.92 Å². The Morgan fingerprint density at radius 2 is 1.66 bits per heavy atom. The predicted octanol–water partition coefficient (Wildman–Crippen LogP) is 6.66. The minimum Gasteiger partial charge on any atom is -0.436 e. The van der Waals surface area contributed by atoms with E-state index in [2.05, 4.69) is 4.98 Å². The fourth-order valence-electron chi connectivity index (χ4n) is 3.10. The molecular weight excluding hydrogens is 417 g/mol. The summed E-state index contributed by atoms with van der Waals surface area (Å²) >= 11 is 0. The maximum atomic E-state index is 12.7. The summed E-state index contributed by atoms with van der Waals surface area (Å²) in [5, 5.41) is 0. The lowest BCUT2D eigenvalue weighted by Gasteiger charge is -2.10. The van der Waals surface area contributed by atoms with E-state index in [9.17, 15) is 18.0 Å². The third kappa shape index (κ3) is 5.35. The van der Waals surface area contributed by atoms with Crippen LogP contribution in [0.2, 0.25) is 0 Å². The molecule has 4 nitrogen and oxygen atoms in total. The summed E-state index contributed by atoms with van der Waals surface area (Å²) in [5.41, 5.74) is 8.67. The molecule has 0 bridgehead atoms. The normalized spacial score (nSPS) is 13.5. The Kier molecular flexibility index (Phi) is 6.98. The zero-order valence-electron chi connectivity index (χ0n) is 17.7. The van der Waals surface area contributed by atoms with Crippen LogP contribution in [0.5, 0.6) is 0 Å². The van der Waals surface area contributed by atoms with Crippen molar-refractivity contribution in [2.75, 3.05) is 0 Å². The molecule has 2 aromatic carbocycles. The lowest BCUT2D eigenvalue weighted by molar-refractivity contribution is -0.156. The number of carbonyl (C=O) groups excluding carboxylic acids is 1. The first kappa shape index (κ1) is 23.1. The number of oxazole rings is 1. The van der Waals surface area contributed by atoms with Gasteiger partial charge in [-0.05, 0) is 24.5 Å². The predicted molar refractivity (Wildman–Crippen MR) is 119 cm³/mol. The molecule has 1 amide bonds. The van der Waals surface area contributed by atoms with Crippen molar-refractivity contribution in [1.82, 2.24) is 4.98 Å². The highest BCUT2D eigenvalue weighted by Gasteiger charge is 2.33. The lowest BCUT2D eigenvalue weighted by Crippen LogP contribution is -2.17. The maximum absolute atomic E-state index is 12.7. The van der Waals surface area contributed by atoms with Gasteiger partial charge in [-0.3, -0.25) is 4.79 Å². The molecule has 0 saturated carbocycles. The van der Waals surface area contributed by atoms with E-state index in [0.29, 0.717) is 11.1 Å². The van der Waals surface area contributed by atoms with Crippen LogP contribution in [0.15, 0.2) is 77.2 Å². The van der Waals surface area contributed by atoms with E-state index >= 15 is 0 Å². The SMILES string of the molecule is C/C=C(\C/C=C\C(C)C(F)(F)F)c1nc(C(N)=O)c(-c2ccc(-c3ccccc3)cc2)o1. The number of hydrogen-bond acceptors (Lipinski definition) is 3. The minimum atomic E-state index is -4.30. The van der Waals surface area contributed by atoms with Gasteiger partial charge < -0.3 is 10.2 Å². The Labute approximate surface area is 184 Å². The summed E-state index contributed by atoms with van der Waals surface area (Å²) in [6.45, 7) is 2.80. The van der Waals surface area contributed by atoms with Gasteiger partial charge in [0.25, 0.3) is 5.91 Å². The van der Waals surface area contributed by atoms with Gasteiger partial charge in [0.1, 0.15) is 0 Å². The monoisotopic (exact) mass is 440 g/mol. The number of allylic oxidation sites excluding steroid dienone is 4. The van der Waals surface area contributed by atoms with Crippen LogP contribution in [-0.4, -0.2) is 17.1 Å². The van der Waals surface area contributed by atoms with Crippen molar-refractivity contribution in [3.63, 3.8) is 0 Å². The van der Waals surface area contributed by atoms with E-state index in [1.165, 1.54) is 6.08 Å². The number of benzene rings is 2. The van der Waals surface area contributed by atoms with Gasteiger partial charge in [-0.25, -0.2) is 4.98 Å². The molecule has 3 rings (SSSR count). The number of primary amides is 1. The van der Waals surface area contributed by atoms with Gasteiger partial charge in [0.15, 0.2) is 11.5 Å². The lowest BCUT2D eigenvalue weighted by atomic mass is 10.0. The molecule has 1 unspecified atom stereocenters. The van der Waals surface area contributed by atoms with Crippen molar-refractivity contribution in [3.8, 4) is 22.5 Å². The topological polar surface area (TPSA) is 69.1 Å². The molecule has 0 aliphatic heterocycles. The smallest absolute Gasteiger partial charge is 0.394 e. The Balaban J connectivity index is 1.88. The Morgan fingerprint density at radius 1 is 1.06 bits per heavy atom. The van der Waals surface area contributed by atoms with Crippen LogP contribution < -0.4 is 5.73 Å². The number of aromatic nitrogens is 1. The third-order valence-corrected chi connectivity index (χ3v) is 5.02. The van der Waals surface area contributed by atoms with Crippen molar-refractivity contribution in [1.29, 1.82) is 0 Å². The first-order valence-electron chi connectivity index (χ1n) is 10.1. The van der Waals surface area contributed by atoms with E-state index in [0.717, 1.165) is 24.1 Å². The van der Waals surface area contributed by atoms with Crippen molar-refractivity contribution >= 4 is 11.5 Å². The summed E-state index contributed by atoms with van der Waals surface area (Å²) < 4.78 is 43.9. The van der Waals surface area contributed by atoms with E-state index < -0.39 is 18.0 Å². The van der Waals surface area contributed by atoms with Gasteiger partial charge in [0.05, 0.1) is 5.92 Å². The van der Waals surface area contributed by atoms with E-state index in [4.69, 9.17) is 10.2 Å². The molecule has 0 fully saturated rings. The second-order valence-electron chi connectivity index (χ2n) is 7.28. The fourth-order valence-corrected chi connectivity index (χ4v) is 3.10. The number of halogens is 3. The summed E-state index contributed by atoms with van der Waals surface area (Å²) in [6, 6.07) is 17.2. The molecule has 7 heteroatoms. The molecule has 0 radical (unpaired) electrons. The van der Waals surface area contributed by atoms with Gasteiger partial charge in [-0.2, -0.15) is 13.2 Å². The van der Waals surface area contributed by atoms with Gasteiger partial charge in [0, 0.05) is 11.1 Å². The van der Waals surface area contributed by atoms with Gasteiger partial charge in [-0.15, -0.1) is 0 Å². The first-order chi connectivity index (χ1) is 15.2. The summed E-state index contributed by atoms with van der Waals surface area (Å²) in [7, 11) is 0. The van der Waals surface area contributed by atoms with Crippen LogP contribution in [0.3, 0.4) is 0 Å². The average molecular weight is 440 g/mol. The van der Waals surface area contributed by atoms with Crippen molar-refractivity contribution < 1.29 is 22.4 Å². The molecule has 1 atom stereocenters. The van der Waals surface area contributed by atoms with E-state index in [-0.39, 0.29) is 23.8 Å². The minimum absolute atomic E-state index is 0.0283. The summed E-state index contributed by atoms with van der Waals surface area (Å²) in [6.07, 6.45) is 0.0534. The third-order valence-electron chi connectivity index (χ3n) is 5.02. The number of nitrogens with zero attached hydrogens (tertiary/aromatic N) is 1.